The number of rotatable bonds is 1. The molecule has 1 N–H and O–H groups in total. The van der Waals surface area contributed by atoms with Gasteiger partial charge in [0.15, 0.2) is 0 Å². The van der Waals surface area contributed by atoms with E-state index in [1.165, 1.54) is 0 Å². The third-order valence-electron chi connectivity index (χ3n) is 2.27. The van der Waals surface area contributed by atoms with Crippen LogP contribution in [0.5, 0.6) is 0 Å². The molecule has 3 nitrogen and oxygen atoms in total. The van der Waals surface area contributed by atoms with Crippen LogP contribution in [-0.2, 0) is 9.47 Å². The van der Waals surface area contributed by atoms with Crippen molar-refractivity contribution in [2.45, 2.75) is 24.5 Å². The van der Waals surface area contributed by atoms with E-state index in [9.17, 15) is 0 Å². The van der Waals surface area contributed by atoms with E-state index in [1.54, 1.807) is 0 Å². The van der Waals surface area contributed by atoms with Gasteiger partial charge in [-0.2, -0.15) is 0 Å². The van der Waals surface area contributed by atoms with Gasteiger partial charge in [-0.1, -0.05) is 0 Å². The van der Waals surface area contributed by atoms with Gasteiger partial charge in [0.1, 0.15) is 0 Å². The Hall–Kier alpha value is -0.120. The lowest BCUT2D eigenvalue weighted by atomic mass is 9.97. The number of aliphatic hydroxyl groups is 1. The molecule has 2 saturated heterocycles. The molecule has 0 aromatic rings. The summed E-state index contributed by atoms with van der Waals surface area (Å²) in [6.07, 6.45) is 1.91. The molecule has 0 saturated carbocycles. The van der Waals surface area contributed by atoms with Gasteiger partial charge in [0.25, 0.3) is 0 Å². The fourth-order valence-electron chi connectivity index (χ4n) is 1.47. The van der Waals surface area contributed by atoms with Crippen LogP contribution in [0, 0.1) is 0 Å². The van der Waals surface area contributed by atoms with Crippen LogP contribution in [0.2, 0.25) is 0 Å². The largest absolute Gasteiger partial charge is 0.394 e. The van der Waals surface area contributed by atoms with Crippen LogP contribution in [0.4, 0.5) is 0 Å². The van der Waals surface area contributed by atoms with E-state index in [2.05, 4.69) is 0 Å². The maximum atomic E-state index is 8.77. The van der Waals surface area contributed by atoms with Crippen LogP contribution in [-0.4, -0.2) is 36.6 Å². The molecule has 0 bridgehead atoms. The fourth-order valence-corrected chi connectivity index (χ4v) is 1.47. The molecule has 1 spiro atoms. The zero-order valence-corrected chi connectivity index (χ0v) is 5.88. The van der Waals surface area contributed by atoms with Crippen LogP contribution in [0.1, 0.15) is 12.8 Å². The molecule has 0 aromatic carbocycles. The average molecular weight is 144 g/mol. The van der Waals surface area contributed by atoms with Crippen molar-refractivity contribution in [3.05, 3.63) is 0 Å². The van der Waals surface area contributed by atoms with E-state index in [4.69, 9.17) is 14.6 Å². The van der Waals surface area contributed by atoms with Gasteiger partial charge < -0.3 is 14.6 Å². The van der Waals surface area contributed by atoms with Crippen molar-refractivity contribution >= 4 is 0 Å². The van der Waals surface area contributed by atoms with Gasteiger partial charge in [-0.25, -0.2) is 0 Å². The molecular weight excluding hydrogens is 132 g/mol. The Morgan fingerprint density at radius 3 is 3.00 bits per heavy atom. The van der Waals surface area contributed by atoms with Crippen molar-refractivity contribution in [1.82, 2.24) is 0 Å². The van der Waals surface area contributed by atoms with E-state index in [1.807, 2.05) is 0 Å². The van der Waals surface area contributed by atoms with E-state index in [0.717, 1.165) is 26.1 Å². The Labute approximate surface area is 59.9 Å². The van der Waals surface area contributed by atoms with E-state index < -0.39 is 0 Å². The molecule has 2 unspecified atom stereocenters. The maximum absolute atomic E-state index is 8.77. The van der Waals surface area contributed by atoms with Crippen molar-refractivity contribution in [3.63, 3.8) is 0 Å². The molecule has 0 aliphatic carbocycles. The van der Waals surface area contributed by atoms with Gasteiger partial charge >= 0.3 is 0 Å². The zero-order chi connectivity index (χ0) is 7.03. The van der Waals surface area contributed by atoms with Crippen LogP contribution >= 0.6 is 0 Å². The Kier molecular flexibility index (Phi) is 1.44. The number of hydrogen-bond acceptors (Lipinski definition) is 3. The second kappa shape index (κ2) is 2.19. The van der Waals surface area contributed by atoms with Gasteiger partial charge in [0.2, 0.25) is 0 Å². The highest BCUT2D eigenvalue weighted by Gasteiger charge is 2.48. The molecule has 3 heteroatoms. The van der Waals surface area contributed by atoms with Gasteiger partial charge in [-0.05, 0) is 0 Å². The highest BCUT2D eigenvalue weighted by molar-refractivity contribution is 4.96. The SMILES string of the molecule is OCC1CC2(CCO1)CO2. The van der Waals surface area contributed by atoms with Crippen molar-refractivity contribution < 1.29 is 14.6 Å². The summed E-state index contributed by atoms with van der Waals surface area (Å²) in [6.45, 7) is 1.74. The predicted molar refractivity (Wildman–Crippen MR) is 34.7 cm³/mol. The number of ether oxygens (including phenoxy) is 2. The van der Waals surface area contributed by atoms with Crippen molar-refractivity contribution in [2.24, 2.45) is 0 Å². The number of aliphatic hydroxyl groups excluding tert-OH is 1. The molecule has 2 aliphatic heterocycles. The normalized spacial score (nSPS) is 45.9. The molecule has 2 fully saturated rings. The second-order valence-corrected chi connectivity index (χ2v) is 3.10. The molecule has 0 radical (unpaired) electrons. The Morgan fingerprint density at radius 2 is 2.40 bits per heavy atom. The van der Waals surface area contributed by atoms with Crippen LogP contribution in [0.25, 0.3) is 0 Å². The molecule has 2 heterocycles. The summed E-state index contributed by atoms with van der Waals surface area (Å²) in [6, 6.07) is 0. The molecule has 2 atom stereocenters. The fraction of sp³-hybridized carbons (Fsp3) is 1.00. The van der Waals surface area contributed by atoms with Gasteiger partial charge in [-0.15, -0.1) is 0 Å². The van der Waals surface area contributed by atoms with Gasteiger partial charge in [0, 0.05) is 19.4 Å². The Balaban J connectivity index is 1.91. The summed E-state index contributed by atoms with van der Waals surface area (Å²) in [4.78, 5) is 0. The molecule has 0 amide bonds. The first-order valence-corrected chi connectivity index (χ1v) is 3.71. The number of epoxide rings is 1. The van der Waals surface area contributed by atoms with Crippen LogP contribution < -0.4 is 0 Å². The summed E-state index contributed by atoms with van der Waals surface area (Å²) in [7, 11) is 0. The molecule has 0 aromatic heterocycles. The van der Waals surface area contributed by atoms with E-state index in [-0.39, 0.29) is 18.3 Å². The van der Waals surface area contributed by atoms with E-state index in [0.29, 0.717) is 0 Å². The summed E-state index contributed by atoms with van der Waals surface area (Å²) < 4.78 is 10.6. The molecule has 58 valence electrons. The Bertz CT molecular complexity index is 131. The molecular formula is C7H12O3. The quantitative estimate of drug-likeness (QED) is 0.524. The zero-order valence-electron chi connectivity index (χ0n) is 5.88. The minimum atomic E-state index is 0.0243. The smallest absolute Gasteiger partial charge is 0.0964 e. The first kappa shape index (κ1) is 6.58. The highest BCUT2D eigenvalue weighted by Crippen LogP contribution is 2.39. The minimum absolute atomic E-state index is 0.0243. The Morgan fingerprint density at radius 1 is 1.60 bits per heavy atom. The van der Waals surface area contributed by atoms with Gasteiger partial charge in [0.05, 0.1) is 24.9 Å². The van der Waals surface area contributed by atoms with Crippen molar-refractivity contribution in [3.8, 4) is 0 Å². The predicted octanol–water partition coefficient (Wildman–Crippen LogP) is -0.0733. The first-order chi connectivity index (χ1) is 4.85. The average Bonchev–Trinajstić information content (AvgIpc) is 2.70. The minimum Gasteiger partial charge on any atom is -0.394 e. The third-order valence-corrected chi connectivity index (χ3v) is 2.27. The summed E-state index contributed by atoms with van der Waals surface area (Å²) >= 11 is 0. The third kappa shape index (κ3) is 1.05. The van der Waals surface area contributed by atoms with Crippen LogP contribution in [0.15, 0.2) is 0 Å². The molecule has 2 aliphatic rings. The lowest BCUT2D eigenvalue weighted by Crippen LogP contribution is -2.33. The molecule has 2 rings (SSSR count). The van der Waals surface area contributed by atoms with Crippen LogP contribution in [0.3, 0.4) is 0 Å². The molecule has 10 heavy (non-hydrogen) atoms. The second-order valence-electron chi connectivity index (χ2n) is 3.10. The van der Waals surface area contributed by atoms with E-state index >= 15 is 0 Å². The lowest BCUT2D eigenvalue weighted by Gasteiger charge is -2.25. The van der Waals surface area contributed by atoms with Crippen molar-refractivity contribution in [2.75, 3.05) is 19.8 Å². The first-order valence-electron chi connectivity index (χ1n) is 3.71. The maximum Gasteiger partial charge on any atom is 0.0964 e. The highest BCUT2D eigenvalue weighted by atomic mass is 16.6. The van der Waals surface area contributed by atoms with Crippen molar-refractivity contribution in [1.29, 1.82) is 0 Å². The summed E-state index contributed by atoms with van der Waals surface area (Å²) in [5, 5.41) is 8.77. The standard InChI is InChI=1S/C7H12O3/c8-4-6-3-7(5-10-7)1-2-9-6/h6,8H,1-5H2. The monoisotopic (exact) mass is 144 g/mol. The summed E-state index contributed by atoms with van der Waals surface area (Å²) in [5.41, 5.74) is 0.117. The topological polar surface area (TPSA) is 42.0 Å². The number of hydrogen-bond donors (Lipinski definition) is 1. The summed E-state index contributed by atoms with van der Waals surface area (Å²) in [5.74, 6) is 0. The van der Waals surface area contributed by atoms with Gasteiger partial charge in [-0.3, -0.25) is 0 Å². The lowest BCUT2D eigenvalue weighted by molar-refractivity contribution is -0.0456.